The van der Waals surface area contributed by atoms with E-state index in [2.05, 4.69) is 5.32 Å². The van der Waals surface area contributed by atoms with E-state index in [0.29, 0.717) is 31.9 Å². The van der Waals surface area contributed by atoms with Gasteiger partial charge in [-0.1, -0.05) is 0 Å². The van der Waals surface area contributed by atoms with E-state index < -0.39 is 5.97 Å². The Morgan fingerprint density at radius 3 is 2.45 bits per heavy atom. The van der Waals surface area contributed by atoms with Gasteiger partial charge >= 0.3 is 5.97 Å². The Kier molecular flexibility index (Phi) is 6.52. The molecule has 0 atom stereocenters. The van der Waals surface area contributed by atoms with E-state index in [-0.39, 0.29) is 11.5 Å². The molecule has 110 valence electrons. The molecule has 0 saturated carbocycles. The molecule has 1 aromatic carbocycles. The van der Waals surface area contributed by atoms with Crippen LogP contribution in [0.25, 0.3) is 0 Å². The molecule has 0 aliphatic heterocycles. The third-order valence-electron chi connectivity index (χ3n) is 2.84. The second-order valence-electron chi connectivity index (χ2n) is 4.40. The number of hydrogen-bond donors (Lipinski definition) is 2. The van der Waals surface area contributed by atoms with E-state index in [1.807, 2.05) is 11.9 Å². The van der Waals surface area contributed by atoms with E-state index in [1.165, 1.54) is 12.1 Å². The number of benzene rings is 1. The second kappa shape index (κ2) is 8.16. The minimum absolute atomic E-state index is 0.0158. The molecule has 1 aromatic rings. The molecule has 0 aromatic heterocycles. The summed E-state index contributed by atoms with van der Waals surface area (Å²) < 4.78 is 5.51. The van der Waals surface area contributed by atoms with Crippen LogP contribution in [-0.2, 0) is 4.79 Å². The summed E-state index contributed by atoms with van der Waals surface area (Å²) in [5.74, 6) is -0.304. The van der Waals surface area contributed by atoms with Gasteiger partial charge in [0.05, 0.1) is 5.56 Å². The normalized spacial score (nSPS) is 10.3. The fourth-order valence-corrected chi connectivity index (χ4v) is 1.54. The first-order chi connectivity index (χ1) is 9.52. The van der Waals surface area contributed by atoms with Crippen LogP contribution in [0.1, 0.15) is 16.8 Å². The van der Waals surface area contributed by atoms with Crippen LogP contribution >= 0.6 is 0 Å². The zero-order valence-electron chi connectivity index (χ0n) is 11.8. The van der Waals surface area contributed by atoms with Crippen LogP contribution in [-0.4, -0.2) is 55.7 Å². The summed E-state index contributed by atoms with van der Waals surface area (Å²) in [5, 5.41) is 11.3. The first kappa shape index (κ1) is 16.0. The predicted octanol–water partition coefficient (Wildman–Crippen LogP) is 0.832. The first-order valence-corrected chi connectivity index (χ1v) is 6.38. The van der Waals surface area contributed by atoms with Gasteiger partial charge in [-0.25, -0.2) is 4.79 Å². The largest absolute Gasteiger partial charge is 0.492 e. The first-order valence-electron chi connectivity index (χ1n) is 6.38. The van der Waals surface area contributed by atoms with Gasteiger partial charge in [0.2, 0.25) is 5.91 Å². The maximum Gasteiger partial charge on any atom is 0.335 e. The third-order valence-corrected chi connectivity index (χ3v) is 2.84. The molecule has 2 N–H and O–H groups in total. The van der Waals surface area contributed by atoms with Gasteiger partial charge in [0.25, 0.3) is 0 Å². The molecule has 1 rings (SSSR count). The van der Waals surface area contributed by atoms with Crippen LogP contribution in [0.2, 0.25) is 0 Å². The number of carbonyl (C=O) groups is 2. The summed E-state index contributed by atoms with van der Waals surface area (Å²) in [7, 11) is 3.53. The highest BCUT2D eigenvalue weighted by molar-refractivity contribution is 5.87. The Morgan fingerprint density at radius 1 is 1.25 bits per heavy atom. The second-order valence-corrected chi connectivity index (χ2v) is 4.40. The zero-order chi connectivity index (χ0) is 15.0. The lowest BCUT2D eigenvalue weighted by molar-refractivity contribution is -0.120. The van der Waals surface area contributed by atoms with Crippen molar-refractivity contribution >= 4 is 11.9 Å². The number of likely N-dealkylation sites (N-methyl/N-ethyl adjacent to an activating group) is 1. The third kappa shape index (κ3) is 5.71. The quantitative estimate of drug-likeness (QED) is 0.737. The van der Waals surface area contributed by atoms with Gasteiger partial charge < -0.3 is 20.1 Å². The summed E-state index contributed by atoms with van der Waals surface area (Å²) in [6, 6.07) is 6.28. The van der Waals surface area contributed by atoms with Crippen molar-refractivity contribution in [2.45, 2.75) is 6.42 Å². The van der Waals surface area contributed by atoms with Crippen molar-refractivity contribution < 1.29 is 19.4 Å². The van der Waals surface area contributed by atoms with Gasteiger partial charge in [-0.2, -0.15) is 0 Å². The molecular formula is C14H20N2O4. The number of rotatable bonds is 8. The number of hydrogen-bond acceptors (Lipinski definition) is 4. The smallest absolute Gasteiger partial charge is 0.335 e. The summed E-state index contributed by atoms with van der Waals surface area (Å²) in [5.41, 5.74) is 0.236. The molecule has 0 fully saturated rings. The molecule has 20 heavy (non-hydrogen) atoms. The Balaban J connectivity index is 2.26. The van der Waals surface area contributed by atoms with Gasteiger partial charge in [-0.3, -0.25) is 4.79 Å². The van der Waals surface area contributed by atoms with Crippen LogP contribution in [0, 0.1) is 0 Å². The van der Waals surface area contributed by atoms with E-state index in [4.69, 9.17) is 9.84 Å². The van der Waals surface area contributed by atoms with E-state index in [9.17, 15) is 9.59 Å². The molecule has 0 heterocycles. The lowest BCUT2D eigenvalue weighted by Gasteiger charge is -2.16. The summed E-state index contributed by atoms with van der Waals surface area (Å²) in [4.78, 5) is 23.8. The highest BCUT2D eigenvalue weighted by Gasteiger charge is 2.04. The molecule has 0 unspecified atom stereocenters. The van der Waals surface area contributed by atoms with Crippen molar-refractivity contribution in [1.82, 2.24) is 10.2 Å². The monoisotopic (exact) mass is 280 g/mol. The molecule has 0 aliphatic carbocycles. The molecule has 0 saturated heterocycles. The van der Waals surface area contributed by atoms with Crippen molar-refractivity contribution in [2.75, 3.05) is 33.8 Å². The van der Waals surface area contributed by atoms with Crippen molar-refractivity contribution in [2.24, 2.45) is 0 Å². The Labute approximate surface area is 118 Å². The number of carboxylic acids is 1. The van der Waals surface area contributed by atoms with Crippen molar-refractivity contribution in [3.63, 3.8) is 0 Å². The van der Waals surface area contributed by atoms with Gasteiger partial charge in [0, 0.05) is 26.6 Å². The number of aromatic carboxylic acids is 1. The number of nitrogens with zero attached hydrogens (tertiary/aromatic N) is 1. The minimum atomic E-state index is -0.953. The average molecular weight is 280 g/mol. The molecule has 6 nitrogen and oxygen atoms in total. The molecule has 0 radical (unpaired) electrons. The predicted molar refractivity (Wildman–Crippen MR) is 75.1 cm³/mol. The molecule has 0 spiro atoms. The summed E-state index contributed by atoms with van der Waals surface area (Å²) >= 11 is 0. The van der Waals surface area contributed by atoms with Gasteiger partial charge in [-0.05, 0) is 31.3 Å². The van der Waals surface area contributed by atoms with Gasteiger partial charge in [0.1, 0.15) is 12.4 Å². The molecule has 6 heteroatoms. The standard InChI is InChI=1S/C14H20N2O4/c1-15-13(17)7-8-16(2)9-10-20-12-5-3-11(4-6-12)14(18)19/h3-6H,7-10H2,1-2H3,(H,15,17)(H,18,19). The number of carbonyl (C=O) groups excluding carboxylic acids is 1. The highest BCUT2D eigenvalue weighted by atomic mass is 16.5. The molecule has 1 amide bonds. The highest BCUT2D eigenvalue weighted by Crippen LogP contribution is 2.12. The van der Waals surface area contributed by atoms with Gasteiger partial charge in [0.15, 0.2) is 0 Å². The number of amides is 1. The summed E-state index contributed by atoms with van der Waals surface area (Å²) in [6.45, 7) is 1.84. The molecule has 0 bridgehead atoms. The maximum atomic E-state index is 11.1. The van der Waals surface area contributed by atoms with Crippen LogP contribution in [0.15, 0.2) is 24.3 Å². The van der Waals surface area contributed by atoms with Crippen molar-refractivity contribution in [1.29, 1.82) is 0 Å². The fourth-order valence-electron chi connectivity index (χ4n) is 1.54. The van der Waals surface area contributed by atoms with Crippen LogP contribution < -0.4 is 10.1 Å². The number of ether oxygens (including phenoxy) is 1. The number of nitrogens with one attached hydrogen (secondary N) is 1. The van der Waals surface area contributed by atoms with Gasteiger partial charge in [-0.15, -0.1) is 0 Å². The Hall–Kier alpha value is -2.08. The lowest BCUT2D eigenvalue weighted by atomic mass is 10.2. The lowest BCUT2D eigenvalue weighted by Crippen LogP contribution is -2.29. The Morgan fingerprint density at radius 2 is 1.90 bits per heavy atom. The van der Waals surface area contributed by atoms with Crippen LogP contribution in [0.5, 0.6) is 5.75 Å². The SMILES string of the molecule is CNC(=O)CCN(C)CCOc1ccc(C(=O)O)cc1. The molecular weight excluding hydrogens is 260 g/mol. The van der Waals surface area contributed by atoms with E-state index >= 15 is 0 Å². The van der Waals surface area contributed by atoms with E-state index in [0.717, 1.165) is 0 Å². The van der Waals surface area contributed by atoms with Crippen LogP contribution in [0.3, 0.4) is 0 Å². The fraction of sp³-hybridized carbons (Fsp3) is 0.429. The minimum Gasteiger partial charge on any atom is -0.492 e. The van der Waals surface area contributed by atoms with Crippen molar-refractivity contribution in [3.8, 4) is 5.75 Å². The average Bonchev–Trinajstić information content (AvgIpc) is 2.45. The van der Waals surface area contributed by atoms with E-state index in [1.54, 1.807) is 19.2 Å². The van der Waals surface area contributed by atoms with Crippen LogP contribution in [0.4, 0.5) is 0 Å². The summed E-state index contributed by atoms with van der Waals surface area (Å²) in [6.07, 6.45) is 0.459. The zero-order valence-corrected chi connectivity index (χ0v) is 11.8. The topological polar surface area (TPSA) is 78.9 Å². The molecule has 0 aliphatic rings. The Bertz CT molecular complexity index is 445. The maximum absolute atomic E-state index is 11.1. The van der Waals surface area contributed by atoms with Crippen molar-refractivity contribution in [3.05, 3.63) is 29.8 Å². The number of carboxylic acid groups (broad SMARTS) is 1.